The van der Waals surface area contributed by atoms with Gasteiger partial charge in [-0.05, 0) is 12.0 Å². The Morgan fingerprint density at radius 3 is 2.64 bits per heavy atom. The molecule has 2 aliphatic heterocycles. The molecule has 3 rings (SSSR count). The normalized spacial score (nSPS) is 30.7. The summed E-state index contributed by atoms with van der Waals surface area (Å²) in [5.41, 5.74) is 1.12. The highest BCUT2D eigenvalue weighted by Gasteiger charge is 2.50. The molecule has 0 amide bonds. The second-order valence-electron chi connectivity index (χ2n) is 5.83. The van der Waals surface area contributed by atoms with Gasteiger partial charge >= 0.3 is 0 Å². The maximum atomic E-state index is 10.4. The third-order valence-electron chi connectivity index (χ3n) is 3.95. The van der Waals surface area contributed by atoms with Gasteiger partial charge in [0.15, 0.2) is 5.79 Å². The van der Waals surface area contributed by atoms with E-state index in [1.807, 2.05) is 53.9 Å². The molecular weight excluding hydrogens is 320 g/mol. The summed E-state index contributed by atoms with van der Waals surface area (Å²) >= 11 is 3.75. The first kappa shape index (κ1) is 16.6. The molecule has 2 saturated heterocycles. The first-order chi connectivity index (χ1) is 10.6. The molecule has 2 aliphatic rings. The van der Waals surface area contributed by atoms with Crippen LogP contribution in [0.1, 0.15) is 18.4 Å². The number of ether oxygens (including phenoxy) is 2. The third-order valence-corrected chi connectivity index (χ3v) is 7.40. The summed E-state index contributed by atoms with van der Waals surface area (Å²) in [6, 6.07) is 10.0. The molecule has 0 bridgehead atoms. The van der Waals surface area contributed by atoms with E-state index < -0.39 is 5.79 Å². The highest BCUT2D eigenvalue weighted by molar-refractivity contribution is 8.21. The molecule has 0 aromatic heterocycles. The molecule has 4 nitrogen and oxygen atoms in total. The number of rotatable bonds is 5. The van der Waals surface area contributed by atoms with E-state index in [1.54, 1.807) is 0 Å². The van der Waals surface area contributed by atoms with Gasteiger partial charge in [-0.15, -0.1) is 23.5 Å². The molecule has 22 heavy (non-hydrogen) atoms. The van der Waals surface area contributed by atoms with Gasteiger partial charge in [0.05, 0.1) is 30.0 Å². The predicted molar refractivity (Wildman–Crippen MR) is 89.9 cm³/mol. The van der Waals surface area contributed by atoms with Crippen LogP contribution in [0.5, 0.6) is 0 Å². The number of hydrogen-bond donors (Lipinski definition) is 2. The lowest BCUT2D eigenvalue weighted by Gasteiger charge is -2.45. The van der Waals surface area contributed by atoms with E-state index in [9.17, 15) is 10.2 Å². The molecule has 2 N–H and O–H groups in total. The molecule has 1 aromatic carbocycles. The second kappa shape index (κ2) is 7.11. The molecule has 0 aliphatic carbocycles. The number of aliphatic hydroxyl groups is 2. The van der Waals surface area contributed by atoms with Crippen LogP contribution in [0.3, 0.4) is 0 Å². The van der Waals surface area contributed by atoms with Crippen molar-refractivity contribution in [2.45, 2.75) is 35.4 Å². The summed E-state index contributed by atoms with van der Waals surface area (Å²) in [5, 5.41) is 19.9. The van der Waals surface area contributed by atoms with Crippen LogP contribution in [0.25, 0.3) is 0 Å². The minimum absolute atomic E-state index is 0.0451. The minimum Gasteiger partial charge on any atom is -0.391 e. The lowest BCUT2D eigenvalue weighted by Crippen LogP contribution is -2.52. The third kappa shape index (κ3) is 3.99. The van der Waals surface area contributed by atoms with E-state index >= 15 is 0 Å². The van der Waals surface area contributed by atoms with E-state index in [4.69, 9.17) is 9.47 Å². The number of benzene rings is 1. The zero-order valence-corrected chi connectivity index (χ0v) is 14.1. The molecule has 122 valence electrons. The van der Waals surface area contributed by atoms with Gasteiger partial charge in [0.2, 0.25) is 0 Å². The summed E-state index contributed by atoms with van der Waals surface area (Å²) in [5.74, 6) is 0.733. The first-order valence-corrected chi connectivity index (χ1v) is 9.51. The van der Waals surface area contributed by atoms with E-state index in [1.165, 1.54) is 0 Å². The molecule has 2 atom stereocenters. The summed E-state index contributed by atoms with van der Waals surface area (Å²) < 4.78 is 11.4. The van der Waals surface area contributed by atoms with Gasteiger partial charge in [-0.3, -0.25) is 0 Å². The summed E-state index contributed by atoms with van der Waals surface area (Å²) in [6.07, 6.45) is 1.13. The van der Waals surface area contributed by atoms with Crippen LogP contribution in [0, 0.1) is 0 Å². The molecule has 1 aromatic rings. The lowest BCUT2D eigenvalue weighted by molar-refractivity contribution is -0.276. The Kier molecular flexibility index (Phi) is 5.37. The Bertz CT molecular complexity index is 478. The van der Waals surface area contributed by atoms with Crippen LogP contribution < -0.4 is 0 Å². The van der Waals surface area contributed by atoms with Crippen molar-refractivity contribution in [3.63, 3.8) is 0 Å². The Balaban J connectivity index is 1.57. The standard InChI is InChI=1S/C16H22O4S2/c17-12-15(18)11-16(21-6-7-22-16)8-14(20-15)10-19-9-13-4-2-1-3-5-13/h1-5,14,17-18H,6-12H2/t14-,15?/m1/s1. The summed E-state index contributed by atoms with van der Waals surface area (Å²) in [7, 11) is 0. The SMILES string of the molecule is OCC1(O)CC2(C[C@H](COCc3ccccc3)O1)SCCS2. The topological polar surface area (TPSA) is 58.9 Å². The average Bonchev–Trinajstić information content (AvgIpc) is 2.95. The van der Waals surface area contributed by atoms with Gasteiger partial charge in [0.25, 0.3) is 0 Å². The largest absolute Gasteiger partial charge is 0.391 e. The van der Waals surface area contributed by atoms with Crippen molar-refractivity contribution in [1.29, 1.82) is 0 Å². The number of hydrogen-bond acceptors (Lipinski definition) is 6. The van der Waals surface area contributed by atoms with Gasteiger partial charge in [0, 0.05) is 17.9 Å². The fraction of sp³-hybridized carbons (Fsp3) is 0.625. The zero-order chi connectivity index (χ0) is 15.5. The van der Waals surface area contributed by atoms with Crippen molar-refractivity contribution in [1.82, 2.24) is 0 Å². The van der Waals surface area contributed by atoms with E-state index in [2.05, 4.69) is 0 Å². The summed E-state index contributed by atoms with van der Waals surface area (Å²) in [6.45, 7) is 0.594. The fourth-order valence-corrected chi connectivity index (χ4v) is 6.53. The lowest BCUT2D eigenvalue weighted by atomic mass is 10.0. The zero-order valence-electron chi connectivity index (χ0n) is 12.4. The van der Waals surface area contributed by atoms with Crippen molar-refractivity contribution in [2.75, 3.05) is 24.7 Å². The van der Waals surface area contributed by atoms with Crippen molar-refractivity contribution in [2.24, 2.45) is 0 Å². The molecule has 1 spiro atoms. The van der Waals surface area contributed by atoms with E-state index in [0.717, 1.165) is 23.5 Å². The highest BCUT2D eigenvalue weighted by atomic mass is 32.2. The van der Waals surface area contributed by atoms with Gasteiger partial charge in [0.1, 0.15) is 0 Å². The van der Waals surface area contributed by atoms with Crippen molar-refractivity contribution in [3.05, 3.63) is 35.9 Å². The second-order valence-corrected chi connectivity index (χ2v) is 9.05. The molecular formula is C16H22O4S2. The van der Waals surface area contributed by atoms with Gasteiger partial charge in [-0.25, -0.2) is 0 Å². The Morgan fingerprint density at radius 1 is 1.23 bits per heavy atom. The van der Waals surface area contributed by atoms with E-state index in [0.29, 0.717) is 19.6 Å². The molecule has 1 unspecified atom stereocenters. The maximum absolute atomic E-state index is 10.4. The molecule has 0 saturated carbocycles. The summed E-state index contributed by atoms with van der Waals surface area (Å²) in [4.78, 5) is 0. The van der Waals surface area contributed by atoms with Crippen molar-refractivity contribution < 1.29 is 19.7 Å². The maximum Gasteiger partial charge on any atom is 0.191 e. The Morgan fingerprint density at radius 2 is 1.95 bits per heavy atom. The molecule has 6 heteroatoms. The predicted octanol–water partition coefficient (Wildman–Crippen LogP) is 2.24. The fourth-order valence-electron chi connectivity index (χ4n) is 3.02. The van der Waals surface area contributed by atoms with Gasteiger partial charge < -0.3 is 19.7 Å². The Hall–Kier alpha value is -0.240. The van der Waals surface area contributed by atoms with Crippen LogP contribution in [0.4, 0.5) is 0 Å². The Labute approximate surface area is 139 Å². The number of aliphatic hydroxyl groups excluding tert-OH is 1. The quantitative estimate of drug-likeness (QED) is 0.856. The van der Waals surface area contributed by atoms with Gasteiger partial charge in [-0.1, -0.05) is 30.3 Å². The smallest absolute Gasteiger partial charge is 0.191 e. The van der Waals surface area contributed by atoms with Crippen LogP contribution in [0.2, 0.25) is 0 Å². The molecule has 2 fully saturated rings. The van der Waals surface area contributed by atoms with Crippen molar-refractivity contribution >= 4 is 23.5 Å². The van der Waals surface area contributed by atoms with E-state index in [-0.39, 0.29) is 16.8 Å². The number of thioether (sulfide) groups is 2. The van der Waals surface area contributed by atoms with Gasteiger partial charge in [-0.2, -0.15) is 0 Å². The van der Waals surface area contributed by atoms with Crippen LogP contribution >= 0.6 is 23.5 Å². The van der Waals surface area contributed by atoms with Crippen LogP contribution in [-0.4, -0.2) is 50.9 Å². The monoisotopic (exact) mass is 342 g/mol. The van der Waals surface area contributed by atoms with Crippen molar-refractivity contribution in [3.8, 4) is 0 Å². The average molecular weight is 342 g/mol. The molecule has 0 radical (unpaired) electrons. The van der Waals surface area contributed by atoms with Crippen LogP contribution in [-0.2, 0) is 16.1 Å². The molecule has 2 heterocycles. The highest BCUT2D eigenvalue weighted by Crippen LogP contribution is 2.54. The minimum atomic E-state index is -1.44. The van der Waals surface area contributed by atoms with Crippen LogP contribution in [0.15, 0.2) is 30.3 Å². The first-order valence-electron chi connectivity index (χ1n) is 7.54.